The lowest BCUT2D eigenvalue weighted by molar-refractivity contribution is -0.107. The molecule has 0 fully saturated rings. The largest absolute Gasteiger partial charge is 0.493 e. The van der Waals surface area contributed by atoms with Crippen LogP contribution >= 0.6 is 11.6 Å². The predicted molar refractivity (Wildman–Crippen MR) is 68.4 cm³/mol. The highest BCUT2D eigenvalue weighted by atomic mass is 35.5. The van der Waals surface area contributed by atoms with Gasteiger partial charge in [0.05, 0.1) is 13.4 Å². The van der Waals surface area contributed by atoms with Gasteiger partial charge in [0.2, 0.25) is 5.24 Å². The van der Waals surface area contributed by atoms with Crippen LogP contribution in [-0.2, 0) is 14.9 Å². The number of benzene rings is 1. The minimum atomic E-state index is -3.62. The second kappa shape index (κ2) is 5.88. The van der Waals surface area contributed by atoms with Gasteiger partial charge in [0.1, 0.15) is 0 Å². The molecule has 0 saturated carbocycles. The fourth-order valence-corrected chi connectivity index (χ4v) is 1.71. The van der Waals surface area contributed by atoms with E-state index in [2.05, 4.69) is 0 Å². The van der Waals surface area contributed by atoms with E-state index in [0.717, 1.165) is 6.26 Å². The van der Waals surface area contributed by atoms with Gasteiger partial charge in [0.25, 0.3) is 0 Å². The molecule has 1 aromatic rings. The second-order valence-corrected chi connectivity index (χ2v) is 5.28. The molecule has 0 radical (unpaired) electrons. The number of hydrogen-bond donors (Lipinski definition) is 0. The quantitative estimate of drug-likeness (QED) is 0.470. The van der Waals surface area contributed by atoms with E-state index < -0.39 is 15.4 Å². The highest BCUT2D eigenvalue weighted by Crippen LogP contribution is 2.29. The predicted octanol–water partition coefficient (Wildman–Crippen LogP) is 1.81. The van der Waals surface area contributed by atoms with Crippen LogP contribution in [0.15, 0.2) is 24.3 Å². The molecule has 0 heterocycles. The molecule has 0 bridgehead atoms. The third kappa shape index (κ3) is 4.77. The summed E-state index contributed by atoms with van der Waals surface area (Å²) in [6.45, 7) is 0. The number of carbonyl (C=O) groups excluding carboxylic acids is 1. The van der Waals surface area contributed by atoms with Crippen molar-refractivity contribution in [1.29, 1.82) is 0 Å². The standard InChI is InChI=1S/C11H11ClO5S/c1-16-10-7-8(4-6-11(12)13)3-5-9(10)17-18(2,14)15/h3-7H,1-2H3/b6-4+. The van der Waals surface area contributed by atoms with Crippen LogP contribution in [0.5, 0.6) is 11.5 Å². The fourth-order valence-electron chi connectivity index (χ4n) is 1.18. The van der Waals surface area contributed by atoms with Crippen LogP contribution in [0.1, 0.15) is 5.56 Å². The minimum absolute atomic E-state index is 0.0781. The minimum Gasteiger partial charge on any atom is -0.493 e. The number of methoxy groups -OCH3 is 1. The average molecular weight is 291 g/mol. The van der Waals surface area contributed by atoms with Crippen LogP contribution in [0.3, 0.4) is 0 Å². The van der Waals surface area contributed by atoms with Crippen LogP contribution in [0.2, 0.25) is 0 Å². The molecular formula is C11H11ClO5S. The van der Waals surface area contributed by atoms with Crippen LogP contribution in [0.4, 0.5) is 0 Å². The van der Waals surface area contributed by atoms with Crippen molar-refractivity contribution in [2.24, 2.45) is 0 Å². The summed E-state index contributed by atoms with van der Waals surface area (Å²) in [5.74, 6) is 0.318. The van der Waals surface area contributed by atoms with Crippen molar-refractivity contribution >= 4 is 33.0 Å². The molecule has 0 spiro atoms. The van der Waals surface area contributed by atoms with Crippen molar-refractivity contribution in [3.8, 4) is 11.5 Å². The van der Waals surface area contributed by atoms with Gasteiger partial charge >= 0.3 is 10.1 Å². The Morgan fingerprint density at radius 3 is 2.50 bits per heavy atom. The van der Waals surface area contributed by atoms with E-state index in [1.807, 2.05) is 0 Å². The van der Waals surface area contributed by atoms with Gasteiger partial charge in [-0.3, -0.25) is 4.79 Å². The highest BCUT2D eigenvalue weighted by Gasteiger charge is 2.10. The Bertz CT molecular complexity index is 577. The Hall–Kier alpha value is -1.53. The van der Waals surface area contributed by atoms with E-state index in [1.54, 1.807) is 6.07 Å². The maximum absolute atomic E-state index is 11.0. The summed E-state index contributed by atoms with van der Waals surface area (Å²) in [5.41, 5.74) is 0.627. The lowest BCUT2D eigenvalue weighted by atomic mass is 10.2. The molecule has 5 nitrogen and oxygen atoms in total. The lowest BCUT2D eigenvalue weighted by Gasteiger charge is -2.09. The molecule has 0 aliphatic heterocycles. The van der Waals surface area contributed by atoms with Crippen molar-refractivity contribution < 1.29 is 22.1 Å². The van der Waals surface area contributed by atoms with Crippen LogP contribution in [-0.4, -0.2) is 27.0 Å². The SMILES string of the molecule is COc1cc(/C=C/C(=O)Cl)ccc1OS(C)(=O)=O. The Morgan fingerprint density at radius 1 is 1.33 bits per heavy atom. The van der Waals surface area contributed by atoms with Gasteiger partial charge in [0, 0.05) is 0 Å². The van der Waals surface area contributed by atoms with Crippen molar-refractivity contribution in [3.63, 3.8) is 0 Å². The van der Waals surface area contributed by atoms with Crippen LogP contribution < -0.4 is 8.92 Å². The number of rotatable bonds is 5. The molecule has 98 valence electrons. The number of halogens is 1. The lowest BCUT2D eigenvalue weighted by Crippen LogP contribution is -2.06. The summed E-state index contributed by atoms with van der Waals surface area (Å²) >= 11 is 5.16. The van der Waals surface area contributed by atoms with Crippen LogP contribution in [0.25, 0.3) is 6.08 Å². The summed E-state index contributed by atoms with van der Waals surface area (Å²) in [6.07, 6.45) is 3.59. The molecule has 7 heteroatoms. The summed E-state index contributed by atoms with van der Waals surface area (Å²) in [5, 5.41) is -0.606. The van der Waals surface area contributed by atoms with Gasteiger partial charge in [-0.2, -0.15) is 8.42 Å². The molecule has 0 N–H and O–H groups in total. The van der Waals surface area contributed by atoms with Gasteiger partial charge in [-0.1, -0.05) is 12.1 Å². The molecule has 0 atom stereocenters. The molecule has 0 aliphatic carbocycles. The molecule has 0 amide bonds. The Balaban J connectivity index is 3.07. The molecule has 0 saturated heterocycles. The van der Waals surface area contributed by atoms with E-state index in [9.17, 15) is 13.2 Å². The second-order valence-electron chi connectivity index (χ2n) is 3.34. The van der Waals surface area contributed by atoms with E-state index in [0.29, 0.717) is 5.56 Å². The number of ether oxygens (including phenoxy) is 1. The molecular weight excluding hydrogens is 280 g/mol. The number of hydrogen-bond acceptors (Lipinski definition) is 5. The zero-order valence-electron chi connectivity index (χ0n) is 9.71. The molecule has 0 unspecified atom stereocenters. The highest BCUT2D eigenvalue weighted by molar-refractivity contribution is 7.86. The van der Waals surface area contributed by atoms with E-state index in [1.165, 1.54) is 31.4 Å². The Kier molecular flexibility index (Phi) is 4.75. The first-order chi connectivity index (χ1) is 8.31. The fraction of sp³-hybridized carbons (Fsp3) is 0.182. The summed E-state index contributed by atoms with van der Waals surface area (Å²) < 4.78 is 31.8. The first kappa shape index (κ1) is 14.5. The van der Waals surface area contributed by atoms with Crippen molar-refractivity contribution in [2.45, 2.75) is 0 Å². The summed E-state index contributed by atoms with van der Waals surface area (Å²) in [7, 11) is -2.24. The first-order valence-corrected chi connectivity index (χ1v) is 6.96. The Labute approximate surface area is 110 Å². The normalized spacial score (nSPS) is 11.5. The zero-order chi connectivity index (χ0) is 13.8. The van der Waals surface area contributed by atoms with E-state index >= 15 is 0 Å². The van der Waals surface area contributed by atoms with Crippen molar-refractivity contribution in [1.82, 2.24) is 0 Å². The molecule has 1 rings (SSSR count). The maximum atomic E-state index is 11.0. The van der Waals surface area contributed by atoms with Crippen molar-refractivity contribution in [2.75, 3.05) is 13.4 Å². The van der Waals surface area contributed by atoms with Gasteiger partial charge in [0.15, 0.2) is 11.5 Å². The van der Waals surface area contributed by atoms with Gasteiger partial charge in [-0.25, -0.2) is 0 Å². The molecule has 0 aliphatic rings. The van der Waals surface area contributed by atoms with Crippen LogP contribution in [0, 0.1) is 0 Å². The third-order valence-corrected chi connectivity index (χ3v) is 2.44. The first-order valence-electron chi connectivity index (χ1n) is 4.77. The van der Waals surface area contributed by atoms with Gasteiger partial charge in [-0.15, -0.1) is 0 Å². The maximum Gasteiger partial charge on any atom is 0.306 e. The zero-order valence-corrected chi connectivity index (χ0v) is 11.3. The summed E-state index contributed by atoms with van der Waals surface area (Å²) in [4.78, 5) is 10.6. The molecule has 0 aromatic heterocycles. The molecule has 1 aromatic carbocycles. The summed E-state index contributed by atoms with van der Waals surface area (Å²) in [6, 6.07) is 4.52. The average Bonchev–Trinajstić information content (AvgIpc) is 2.25. The number of allylic oxidation sites excluding steroid dienone is 1. The monoisotopic (exact) mass is 290 g/mol. The van der Waals surface area contributed by atoms with E-state index in [4.69, 9.17) is 20.5 Å². The van der Waals surface area contributed by atoms with E-state index in [-0.39, 0.29) is 11.5 Å². The van der Waals surface area contributed by atoms with Gasteiger partial charge < -0.3 is 8.92 Å². The molecule has 18 heavy (non-hydrogen) atoms. The van der Waals surface area contributed by atoms with Crippen molar-refractivity contribution in [3.05, 3.63) is 29.8 Å². The smallest absolute Gasteiger partial charge is 0.306 e. The van der Waals surface area contributed by atoms with Gasteiger partial charge in [-0.05, 0) is 35.4 Å². The number of carbonyl (C=O) groups is 1. The third-order valence-electron chi connectivity index (χ3n) is 1.84. The topological polar surface area (TPSA) is 69.7 Å². The Morgan fingerprint density at radius 2 is 2.00 bits per heavy atom.